The van der Waals surface area contributed by atoms with E-state index in [1.165, 1.54) is 11.8 Å². The minimum Gasteiger partial charge on any atom is -0.497 e. The molecule has 2 aromatic carbocycles. The van der Waals surface area contributed by atoms with Gasteiger partial charge in [0.05, 0.1) is 24.8 Å². The molecule has 8 nitrogen and oxygen atoms in total. The number of hydrogen-bond donors (Lipinski definition) is 1. The Morgan fingerprint density at radius 2 is 1.97 bits per heavy atom. The van der Waals surface area contributed by atoms with Crippen molar-refractivity contribution in [2.75, 3.05) is 25.0 Å². The number of ether oxygens (including phenoxy) is 3. The van der Waals surface area contributed by atoms with Crippen molar-refractivity contribution in [3.8, 4) is 28.5 Å². The molecule has 2 aromatic heterocycles. The van der Waals surface area contributed by atoms with Gasteiger partial charge in [0.25, 0.3) is 0 Å². The Morgan fingerprint density at radius 1 is 1.13 bits per heavy atom. The van der Waals surface area contributed by atoms with Crippen molar-refractivity contribution in [3.05, 3.63) is 60.8 Å². The molecule has 9 heteroatoms. The number of benzene rings is 2. The van der Waals surface area contributed by atoms with E-state index in [9.17, 15) is 4.79 Å². The number of fused-ring (bicyclic) bond motifs is 2. The molecule has 0 atom stereocenters. The Kier molecular flexibility index (Phi) is 5.09. The molecule has 4 aromatic rings. The van der Waals surface area contributed by atoms with Gasteiger partial charge in [0.15, 0.2) is 17.1 Å². The van der Waals surface area contributed by atoms with E-state index < -0.39 is 0 Å². The second-order valence-corrected chi connectivity index (χ2v) is 7.73. The number of carbonyl (C=O) groups excluding carboxylic acids is 1. The number of rotatable bonds is 6. The Bertz CT molecular complexity index is 1260. The highest BCUT2D eigenvalue weighted by molar-refractivity contribution is 7.99. The third-order valence-corrected chi connectivity index (χ3v) is 5.61. The van der Waals surface area contributed by atoms with Crippen molar-refractivity contribution in [3.63, 3.8) is 0 Å². The summed E-state index contributed by atoms with van der Waals surface area (Å²) in [6.07, 6.45) is 1.87. The average Bonchev–Trinajstić information content (AvgIpc) is 3.44. The molecular formula is C22H18N4O4S. The van der Waals surface area contributed by atoms with Crippen LogP contribution >= 0.6 is 11.8 Å². The summed E-state index contributed by atoms with van der Waals surface area (Å²) in [4.78, 5) is 16.9. The monoisotopic (exact) mass is 434 g/mol. The fourth-order valence-electron chi connectivity index (χ4n) is 3.15. The SMILES string of the molecule is COc1ccc(-c2cn3nc(SCC(=O)Nc4ccc5c(c4)OCO5)ccc3n2)cc1. The number of carbonyl (C=O) groups is 1. The Hall–Kier alpha value is -3.72. The maximum absolute atomic E-state index is 12.3. The molecule has 3 heterocycles. The first kappa shape index (κ1) is 19.3. The average molecular weight is 434 g/mol. The predicted molar refractivity (Wildman–Crippen MR) is 117 cm³/mol. The van der Waals surface area contributed by atoms with Crippen molar-refractivity contribution in [2.45, 2.75) is 5.03 Å². The van der Waals surface area contributed by atoms with Crippen LogP contribution in [-0.2, 0) is 4.79 Å². The molecule has 156 valence electrons. The summed E-state index contributed by atoms with van der Waals surface area (Å²) >= 11 is 1.35. The highest BCUT2D eigenvalue weighted by atomic mass is 32.2. The smallest absolute Gasteiger partial charge is 0.234 e. The molecular weight excluding hydrogens is 416 g/mol. The zero-order valence-electron chi connectivity index (χ0n) is 16.6. The Balaban J connectivity index is 1.24. The molecule has 0 bridgehead atoms. The third-order valence-electron chi connectivity index (χ3n) is 4.69. The number of hydrogen-bond acceptors (Lipinski definition) is 7. The van der Waals surface area contributed by atoms with Gasteiger partial charge in [-0.3, -0.25) is 4.79 Å². The molecule has 0 spiro atoms. The van der Waals surface area contributed by atoms with Gasteiger partial charge in [0.2, 0.25) is 12.7 Å². The summed E-state index contributed by atoms with van der Waals surface area (Å²) in [5.41, 5.74) is 3.19. The number of aromatic nitrogens is 3. The van der Waals surface area contributed by atoms with Crippen LogP contribution in [0.4, 0.5) is 5.69 Å². The summed E-state index contributed by atoms with van der Waals surface area (Å²) in [6, 6.07) is 16.8. The third kappa shape index (κ3) is 4.13. The van der Waals surface area contributed by atoms with E-state index >= 15 is 0 Å². The van der Waals surface area contributed by atoms with Gasteiger partial charge in [-0.1, -0.05) is 11.8 Å². The zero-order chi connectivity index (χ0) is 21.2. The minimum absolute atomic E-state index is 0.129. The molecule has 0 aliphatic carbocycles. The second kappa shape index (κ2) is 8.19. The fourth-order valence-corrected chi connectivity index (χ4v) is 3.81. The molecule has 1 amide bonds. The van der Waals surface area contributed by atoms with Crippen LogP contribution in [0.3, 0.4) is 0 Å². The Labute approximate surface area is 182 Å². The summed E-state index contributed by atoms with van der Waals surface area (Å²) in [7, 11) is 1.64. The van der Waals surface area contributed by atoms with Crippen LogP contribution in [-0.4, -0.2) is 40.2 Å². The van der Waals surface area contributed by atoms with E-state index in [0.717, 1.165) is 27.7 Å². The predicted octanol–water partition coefficient (Wildman–Crippen LogP) is 3.86. The Morgan fingerprint density at radius 3 is 2.81 bits per heavy atom. The van der Waals surface area contributed by atoms with E-state index in [2.05, 4.69) is 15.4 Å². The van der Waals surface area contributed by atoms with Crippen molar-refractivity contribution in [2.24, 2.45) is 0 Å². The molecule has 1 aliphatic heterocycles. The molecule has 1 aliphatic rings. The van der Waals surface area contributed by atoms with Gasteiger partial charge in [-0.25, -0.2) is 9.50 Å². The maximum atomic E-state index is 12.3. The molecule has 0 saturated carbocycles. The van der Waals surface area contributed by atoms with Crippen molar-refractivity contribution in [1.29, 1.82) is 0 Å². The number of amides is 1. The van der Waals surface area contributed by atoms with Crippen molar-refractivity contribution in [1.82, 2.24) is 14.6 Å². The largest absolute Gasteiger partial charge is 0.497 e. The van der Waals surface area contributed by atoms with Gasteiger partial charge in [-0.05, 0) is 48.5 Å². The number of thioether (sulfide) groups is 1. The molecule has 0 radical (unpaired) electrons. The van der Waals surface area contributed by atoms with Crippen LogP contribution in [0.1, 0.15) is 0 Å². The quantitative estimate of drug-likeness (QED) is 0.461. The zero-order valence-corrected chi connectivity index (χ0v) is 17.4. The lowest BCUT2D eigenvalue weighted by molar-refractivity contribution is -0.113. The van der Waals surface area contributed by atoms with Gasteiger partial charge in [-0.15, -0.1) is 0 Å². The summed E-state index contributed by atoms with van der Waals surface area (Å²) in [5, 5.41) is 8.15. The van der Waals surface area contributed by atoms with Crippen molar-refractivity contribution < 1.29 is 19.0 Å². The highest BCUT2D eigenvalue weighted by Crippen LogP contribution is 2.34. The lowest BCUT2D eigenvalue weighted by atomic mass is 10.2. The van der Waals surface area contributed by atoms with Gasteiger partial charge >= 0.3 is 0 Å². The van der Waals surface area contributed by atoms with E-state index in [4.69, 9.17) is 14.2 Å². The number of nitrogens with zero attached hydrogens (tertiary/aromatic N) is 3. The topological polar surface area (TPSA) is 87.0 Å². The molecule has 5 rings (SSSR count). The summed E-state index contributed by atoms with van der Waals surface area (Å²) in [6.45, 7) is 0.200. The molecule has 0 unspecified atom stereocenters. The van der Waals surface area contributed by atoms with Gasteiger partial charge in [0, 0.05) is 17.3 Å². The minimum atomic E-state index is -0.129. The number of anilines is 1. The number of imidazole rings is 1. The lowest BCUT2D eigenvalue weighted by Gasteiger charge is -2.06. The first-order chi connectivity index (χ1) is 15.2. The van der Waals surface area contributed by atoms with Gasteiger partial charge in [-0.2, -0.15) is 5.10 Å². The summed E-state index contributed by atoms with van der Waals surface area (Å²) in [5.74, 6) is 2.20. The normalized spacial score (nSPS) is 12.2. The van der Waals surface area contributed by atoms with Crippen LogP contribution in [0, 0.1) is 0 Å². The number of methoxy groups -OCH3 is 1. The van der Waals surface area contributed by atoms with Crippen LogP contribution in [0.5, 0.6) is 17.2 Å². The first-order valence-corrected chi connectivity index (χ1v) is 10.5. The maximum Gasteiger partial charge on any atom is 0.234 e. The van der Waals surface area contributed by atoms with Crippen LogP contribution in [0.2, 0.25) is 0 Å². The molecule has 1 N–H and O–H groups in total. The lowest BCUT2D eigenvalue weighted by Crippen LogP contribution is -2.14. The van der Waals surface area contributed by atoms with Crippen LogP contribution in [0.25, 0.3) is 16.9 Å². The van der Waals surface area contributed by atoms with Gasteiger partial charge in [0.1, 0.15) is 10.8 Å². The molecule has 0 saturated heterocycles. The fraction of sp³-hybridized carbons (Fsp3) is 0.136. The number of nitrogens with one attached hydrogen (secondary N) is 1. The highest BCUT2D eigenvalue weighted by Gasteiger charge is 2.14. The standard InChI is InChI=1S/C22H18N4O4S/c1-28-16-5-2-14(3-6-16)17-11-26-20(24-17)8-9-22(25-26)31-12-21(27)23-15-4-7-18-19(10-15)30-13-29-18/h2-11H,12-13H2,1H3,(H,23,27). The van der Waals surface area contributed by atoms with E-state index in [0.29, 0.717) is 17.2 Å². The second-order valence-electron chi connectivity index (χ2n) is 6.73. The molecule has 31 heavy (non-hydrogen) atoms. The molecule has 0 fully saturated rings. The van der Waals surface area contributed by atoms with Crippen molar-refractivity contribution >= 4 is 29.0 Å². The van der Waals surface area contributed by atoms with Gasteiger partial charge < -0.3 is 19.5 Å². The summed E-state index contributed by atoms with van der Waals surface area (Å²) < 4.78 is 17.5. The van der Waals surface area contributed by atoms with E-state index in [-0.39, 0.29) is 18.5 Å². The van der Waals surface area contributed by atoms with E-state index in [1.54, 1.807) is 29.8 Å². The van der Waals surface area contributed by atoms with E-state index in [1.807, 2.05) is 42.6 Å². The van der Waals surface area contributed by atoms with Crippen LogP contribution < -0.4 is 19.5 Å². The van der Waals surface area contributed by atoms with Crippen LogP contribution in [0.15, 0.2) is 65.8 Å². The first-order valence-electron chi connectivity index (χ1n) is 9.51.